The molecule has 70 valence electrons. The predicted molar refractivity (Wildman–Crippen MR) is 58.7 cm³/mol. The van der Waals surface area contributed by atoms with Gasteiger partial charge in [0.2, 0.25) is 0 Å². The summed E-state index contributed by atoms with van der Waals surface area (Å²) in [6, 6.07) is 0. The maximum atomic E-state index is 3.49. The van der Waals surface area contributed by atoms with Gasteiger partial charge in [0.05, 0.1) is 0 Å². The third kappa shape index (κ3) is 3.75. The lowest BCUT2D eigenvalue weighted by Gasteiger charge is -2.09. The molecule has 0 aromatic rings. The van der Waals surface area contributed by atoms with Crippen LogP contribution in [0.5, 0.6) is 0 Å². The smallest absolute Gasteiger partial charge is 0.0239 e. The largest absolute Gasteiger partial charge is 0.0880 e. The van der Waals surface area contributed by atoms with Gasteiger partial charge in [-0.05, 0) is 25.7 Å². The summed E-state index contributed by atoms with van der Waals surface area (Å²) < 4.78 is 0. The molecule has 1 aliphatic rings. The first kappa shape index (κ1) is 10.3. The Kier molecular flexibility index (Phi) is 4.98. The van der Waals surface area contributed by atoms with E-state index in [9.17, 15) is 0 Å². The number of hydrogen-bond acceptors (Lipinski definition) is 0. The fourth-order valence-corrected chi connectivity index (χ4v) is 2.11. The normalized spacial score (nSPS) is 22.3. The number of halogens is 1. The Hall–Kier alpha value is 0.220. The molecule has 0 unspecified atom stereocenters. The molecular weight excluding hydrogens is 212 g/mol. The van der Waals surface area contributed by atoms with Crippen LogP contribution in [0.4, 0.5) is 0 Å². The number of alkyl halides is 1. The summed E-state index contributed by atoms with van der Waals surface area (Å²) in [7, 11) is 0. The molecule has 1 saturated carbocycles. The molecule has 0 N–H and O–H groups in total. The molecule has 0 saturated heterocycles. The van der Waals surface area contributed by atoms with Gasteiger partial charge in [0.15, 0.2) is 0 Å². The zero-order chi connectivity index (χ0) is 8.81. The second kappa shape index (κ2) is 5.80. The van der Waals surface area contributed by atoms with Crippen LogP contribution >= 0.6 is 15.9 Å². The van der Waals surface area contributed by atoms with Crippen molar-refractivity contribution in [2.45, 2.75) is 45.4 Å². The van der Waals surface area contributed by atoms with E-state index in [1.807, 2.05) is 0 Å². The van der Waals surface area contributed by atoms with Crippen molar-refractivity contribution < 1.29 is 0 Å². The average Bonchev–Trinajstić information content (AvgIpc) is 2.33. The van der Waals surface area contributed by atoms with Gasteiger partial charge in [-0.2, -0.15) is 0 Å². The third-order valence-electron chi connectivity index (χ3n) is 2.63. The van der Waals surface area contributed by atoms with Crippen molar-refractivity contribution in [3.8, 4) is 0 Å². The van der Waals surface area contributed by atoms with Crippen LogP contribution in [-0.4, -0.2) is 5.33 Å². The van der Waals surface area contributed by atoms with Crippen LogP contribution in [0.25, 0.3) is 0 Å². The molecule has 0 amide bonds. The lowest BCUT2D eigenvalue weighted by atomic mass is 9.98. The summed E-state index contributed by atoms with van der Waals surface area (Å²) in [5.74, 6) is 0.880. The Balaban J connectivity index is 2.38. The van der Waals surface area contributed by atoms with E-state index in [1.165, 1.54) is 44.1 Å². The second-order valence-electron chi connectivity index (χ2n) is 3.90. The first-order valence-electron chi connectivity index (χ1n) is 5.06. The number of hydrogen-bond donors (Lipinski definition) is 0. The van der Waals surface area contributed by atoms with Gasteiger partial charge in [-0.3, -0.25) is 0 Å². The topological polar surface area (TPSA) is 0 Å². The molecule has 1 aliphatic carbocycles. The fourth-order valence-electron chi connectivity index (χ4n) is 1.92. The zero-order valence-corrected chi connectivity index (χ0v) is 9.57. The second-order valence-corrected chi connectivity index (χ2v) is 4.46. The molecule has 0 bridgehead atoms. The molecule has 0 aromatic carbocycles. The molecule has 1 fully saturated rings. The lowest BCUT2D eigenvalue weighted by Crippen LogP contribution is -1.95. The van der Waals surface area contributed by atoms with Crippen molar-refractivity contribution in [3.63, 3.8) is 0 Å². The Bertz CT molecular complexity index is 141. The highest BCUT2D eigenvalue weighted by Crippen LogP contribution is 2.24. The van der Waals surface area contributed by atoms with E-state index in [0.29, 0.717) is 0 Å². The molecule has 0 heterocycles. The molecule has 0 atom stereocenters. The predicted octanol–water partition coefficient (Wildman–Crippen LogP) is 4.30. The van der Waals surface area contributed by atoms with Gasteiger partial charge in [0, 0.05) is 5.33 Å². The van der Waals surface area contributed by atoms with Gasteiger partial charge in [0.1, 0.15) is 0 Å². The van der Waals surface area contributed by atoms with E-state index in [2.05, 4.69) is 28.9 Å². The summed E-state index contributed by atoms with van der Waals surface area (Å²) in [5.41, 5.74) is 1.50. The van der Waals surface area contributed by atoms with Crippen molar-refractivity contribution in [3.05, 3.63) is 11.6 Å². The molecular formula is C11H19Br. The van der Waals surface area contributed by atoms with Crippen LogP contribution in [0.2, 0.25) is 0 Å². The summed E-state index contributed by atoms with van der Waals surface area (Å²) in [6.45, 7) is 2.22. The standard InChI is InChI=1S/C11H19Br/c1-10(9-12)8-11-6-4-2-3-5-7-11/h8,11H,2-7,9H2,1H3. The maximum Gasteiger partial charge on any atom is 0.0239 e. The first-order chi connectivity index (χ1) is 5.83. The molecule has 0 radical (unpaired) electrons. The Morgan fingerprint density at radius 3 is 2.33 bits per heavy atom. The molecule has 0 spiro atoms. The SMILES string of the molecule is CC(=CC1CCCCCC1)CBr. The van der Waals surface area contributed by atoms with Crippen LogP contribution in [-0.2, 0) is 0 Å². The van der Waals surface area contributed by atoms with Crippen LogP contribution in [0.1, 0.15) is 45.4 Å². The molecule has 0 aromatic heterocycles. The molecule has 1 heteroatoms. The Morgan fingerprint density at radius 2 is 1.83 bits per heavy atom. The van der Waals surface area contributed by atoms with Crippen molar-refractivity contribution in [1.82, 2.24) is 0 Å². The minimum atomic E-state index is 0.880. The van der Waals surface area contributed by atoms with Crippen molar-refractivity contribution in [2.24, 2.45) is 5.92 Å². The van der Waals surface area contributed by atoms with Gasteiger partial charge in [0.25, 0.3) is 0 Å². The van der Waals surface area contributed by atoms with Crippen LogP contribution < -0.4 is 0 Å². The lowest BCUT2D eigenvalue weighted by molar-refractivity contribution is 0.556. The van der Waals surface area contributed by atoms with Crippen LogP contribution in [0.3, 0.4) is 0 Å². The van der Waals surface area contributed by atoms with E-state index >= 15 is 0 Å². The molecule has 0 nitrogen and oxygen atoms in total. The van der Waals surface area contributed by atoms with Crippen molar-refractivity contribution in [1.29, 1.82) is 0 Å². The third-order valence-corrected chi connectivity index (χ3v) is 3.52. The van der Waals surface area contributed by atoms with E-state index in [1.54, 1.807) is 0 Å². The highest BCUT2D eigenvalue weighted by molar-refractivity contribution is 9.09. The van der Waals surface area contributed by atoms with Crippen molar-refractivity contribution in [2.75, 3.05) is 5.33 Å². The monoisotopic (exact) mass is 230 g/mol. The molecule has 0 aliphatic heterocycles. The Morgan fingerprint density at radius 1 is 1.25 bits per heavy atom. The Labute approximate surface area is 84.6 Å². The summed E-state index contributed by atoms with van der Waals surface area (Å²) in [6.07, 6.45) is 11.1. The molecule has 1 rings (SSSR count). The van der Waals surface area contributed by atoms with E-state index in [0.717, 1.165) is 11.2 Å². The number of rotatable bonds is 2. The minimum absolute atomic E-state index is 0.880. The van der Waals surface area contributed by atoms with Crippen molar-refractivity contribution >= 4 is 15.9 Å². The highest BCUT2D eigenvalue weighted by Gasteiger charge is 2.09. The maximum absolute atomic E-state index is 3.49. The molecule has 12 heavy (non-hydrogen) atoms. The summed E-state index contributed by atoms with van der Waals surface area (Å²) in [5, 5.41) is 1.05. The van der Waals surface area contributed by atoms with Crippen LogP contribution in [0, 0.1) is 5.92 Å². The summed E-state index contributed by atoms with van der Waals surface area (Å²) >= 11 is 3.49. The average molecular weight is 231 g/mol. The van der Waals surface area contributed by atoms with Crippen LogP contribution in [0.15, 0.2) is 11.6 Å². The minimum Gasteiger partial charge on any atom is -0.0880 e. The van der Waals surface area contributed by atoms with Gasteiger partial charge in [-0.15, -0.1) is 0 Å². The first-order valence-corrected chi connectivity index (χ1v) is 6.18. The van der Waals surface area contributed by atoms with Gasteiger partial charge >= 0.3 is 0 Å². The van der Waals surface area contributed by atoms with Gasteiger partial charge in [-0.25, -0.2) is 0 Å². The quantitative estimate of drug-likeness (QED) is 0.377. The van der Waals surface area contributed by atoms with E-state index < -0.39 is 0 Å². The highest BCUT2D eigenvalue weighted by atomic mass is 79.9. The fraction of sp³-hybridized carbons (Fsp3) is 0.818. The van der Waals surface area contributed by atoms with E-state index in [-0.39, 0.29) is 0 Å². The zero-order valence-electron chi connectivity index (χ0n) is 7.98. The van der Waals surface area contributed by atoms with E-state index in [4.69, 9.17) is 0 Å². The summed E-state index contributed by atoms with van der Waals surface area (Å²) in [4.78, 5) is 0. The van der Waals surface area contributed by atoms with Gasteiger partial charge in [-0.1, -0.05) is 53.3 Å². The van der Waals surface area contributed by atoms with Gasteiger partial charge < -0.3 is 0 Å². The number of allylic oxidation sites excluding steroid dienone is 2.